The van der Waals surface area contributed by atoms with Crippen LogP contribution in [0.3, 0.4) is 0 Å². The number of hydrogen-bond donors (Lipinski definition) is 1. The van der Waals surface area contributed by atoms with E-state index in [4.69, 9.17) is 4.74 Å². The highest BCUT2D eigenvalue weighted by Gasteiger charge is 2.22. The van der Waals surface area contributed by atoms with E-state index in [0.29, 0.717) is 31.6 Å². The lowest BCUT2D eigenvalue weighted by molar-refractivity contribution is 0.0232. The summed E-state index contributed by atoms with van der Waals surface area (Å²) in [5.74, 6) is -0.177. The molecule has 150 valence electrons. The van der Waals surface area contributed by atoms with E-state index in [9.17, 15) is 9.59 Å². The van der Waals surface area contributed by atoms with Crippen molar-refractivity contribution in [1.82, 2.24) is 20.2 Å². The number of hydrogen-bond acceptors (Lipinski definition) is 5. The third-order valence-electron chi connectivity index (χ3n) is 3.81. The Morgan fingerprint density at radius 3 is 2.57 bits per heavy atom. The molecule has 0 aromatic carbocycles. The predicted molar refractivity (Wildman–Crippen MR) is 107 cm³/mol. The zero-order valence-corrected chi connectivity index (χ0v) is 16.9. The lowest BCUT2D eigenvalue weighted by atomic mass is 10.2. The average Bonchev–Trinajstić information content (AvgIpc) is 2.64. The Hall–Kier alpha value is -2.96. The highest BCUT2D eigenvalue weighted by molar-refractivity contribution is 5.93. The predicted octanol–water partition coefficient (Wildman–Crippen LogP) is 3.34. The molecular formula is C21H28N4O3. The van der Waals surface area contributed by atoms with Crippen LogP contribution >= 0.6 is 0 Å². The van der Waals surface area contributed by atoms with Gasteiger partial charge in [0.15, 0.2) is 0 Å². The molecule has 0 aliphatic heterocycles. The molecule has 0 unspecified atom stereocenters. The summed E-state index contributed by atoms with van der Waals surface area (Å²) >= 11 is 0. The molecule has 0 saturated heterocycles. The van der Waals surface area contributed by atoms with Gasteiger partial charge in [0.1, 0.15) is 5.60 Å². The largest absolute Gasteiger partial charge is 0.444 e. The zero-order chi connectivity index (χ0) is 20.6. The SMILES string of the molecule is Cc1ccc(C(=O)NCCCN(Cc2cccnc2)C(=O)OC(C)(C)C)cn1. The summed E-state index contributed by atoms with van der Waals surface area (Å²) in [5.41, 5.74) is 1.73. The van der Waals surface area contributed by atoms with Gasteiger partial charge in [-0.3, -0.25) is 14.8 Å². The molecule has 1 N–H and O–H groups in total. The van der Waals surface area contributed by atoms with Crippen LogP contribution in [0.5, 0.6) is 0 Å². The van der Waals surface area contributed by atoms with Crippen molar-refractivity contribution in [2.75, 3.05) is 13.1 Å². The van der Waals surface area contributed by atoms with Crippen molar-refractivity contribution >= 4 is 12.0 Å². The minimum absolute atomic E-state index is 0.177. The summed E-state index contributed by atoms with van der Waals surface area (Å²) < 4.78 is 5.50. The van der Waals surface area contributed by atoms with Gasteiger partial charge in [-0.05, 0) is 57.9 Å². The van der Waals surface area contributed by atoms with Gasteiger partial charge in [0.05, 0.1) is 12.1 Å². The van der Waals surface area contributed by atoms with Crippen LogP contribution in [0.25, 0.3) is 0 Å². The van der Waals surface area contributed by atoms with E-state index in [1.165, 1.54) is 0 Å². The van der Waals surface area contributed by atoms with E-state index in [1.807, 2.05) is 39.8 Å². The third kappa shape index (κ3) is 7.34. The Morgan fingerprint density at radius 1 is 1.18 bits per heavy atom. The highest BCUT2D eigenvalue weighted by Crippen LogP contribution is 2.13. The Kier molecular flexibility index (Phi) is 7.49. The van der Waals surface area contributed by atoms with Crippen LogP contribution in [0.15, 0.2) is 42.9 Å². The molecule has 0 bridgehead atoms. The van der Waals surface area contributed by atoms with E-state index in [-0.39, 0.29) is 12.0 Å². The Morgan fingerprint density at radius 2 is 1.96 bits per heavy atom. The molecule has 2 rings (SSSR count). The number of amides is 2. The number of pyridine rings is 2. The van der Waals surface area contributed by atoms with Crippen molar-refractivity contribution in [2.24, 2.45) is 0 Å². The van der Waals surface area contributed by atoms with Gasteiger partial charge in [0.25, 0.3) is 5.91 Å². The summed E-state index contributed by atoms with van der Waals surface area (Å²) in [7, 11) is 0. The third-order valence-corrected chi connectivity index (χ3v) is 3.81. The second-order valence-electron chi connectivity index (χ2n) is 7.56. The molecular weight excluding hydrogens is 356 g/mol. The van der Waals surface area contributed by atoms with Crippen LogP contribution in [0.1, 0.15) is 48.8 Å². The zero-order valence-electron chi connectivity index (χ0n) is 16.9. The van der Waals surface area contributed by atoms with Crippen molar-refractivity contribution in [2.45, 2.75) is 46.3 Å². The maximum atomic E-state index is 12.5. The first-order valence-corrected chi connectivity index (χ1v) is 9.32. The molecule has 0 spiro atoms. The smallest absolute Gasteiger partial charge is 0.410 e. The monoisotopic (exact) mass is 384 g/mol. The second kappa shape index (κ2) is 9.82. The summed E-state index contributed by atoms with van der Waals surface area (Å²) in [5, 5.41) is 2.85. The number of nitrogens with zero attached hydrogens (tertiary/aromatic N) is 3. The van der Waals surface area contributed by atoms with Gasteiger partial charge >= 0.3 is 6.09 Å². The van der Waals surface area contributed by atoms with Crippen LogP contribution in [0, 0.1) is 6.92 Å². The Bertz CT molecular complexity index is 770. The van der Waals surface area contributed by atoms with Crippen molar-refractivity contribution < 1.29 is 14.3 Å². The summed E-state index contributed by atoms with van der Waals surface area (Å²) in [6.07, 6.45) is 5.19. The van der Waals surface area contributed by atoms with E-state index < -0.39 is 5.60 Å². The average molecular weight is 384 g/mol. The first-order chi connectivity index (χ1) is 13.2. The van der Waals surface area contributed by atoms with Crippen molar-refractivity contribution in [3.8, 4) is 0 Å². The molecule has 28 heavy (non-hydrogen) atoms. The van der Waals surface area contributed by atoms with Crippen molar-refractivity contribution in [3.05, 3.63) is 59.7 Å². The standard InChI is InChI=1S/C21H28N4O3/c1-16-8-9-18(14-24-16)19(26)23-11-6-12-25(20(27)28-21(2,3)4)15-17-7-5-10-22-13-17/h5,7-10,13-14H,6,11-12,15H2,1-4H3,(H,23,26). The van der Waals surface area contributed by atoms with Gasteiger partial charge in [0, 0.05) is 37.4 Å². The molecule has 7 heteroatoms. The van der Waals surface area contributed by atoms with Gasteiger partial charge in [-0.15, -0.1) is 0 Å². The number of nitrogens with one attached hydrogen (secondary N) is 1. The molecule has 0 atom stereocenters. The quantitative estimate of drug-likeness (QED) is 0.740. The van der Waals surface area contributed by atoms with Gasteiger partial charge in [-0.2, -0.15) is 0 Å². The fraction of sp³-hybridized carbons (Fsp3) is 0.429. The first-order valence-electron chi connectivity index (χ1n) is 9.32. The number of carbonyl (C=O) groups excluding carboxylic acids is 2. The van der Waals surface area contributed by atoms with Crippen molar-refractivity contribution in [3.63, 3.8) is 0 Å². The first kappa shape index (κ1) is 21.3. The lowest BCUT2D eigenvalue weighted by Crippen LogP contribution is -2.38. The highest BCUT2D eigenvalue weighted by atomic mass is 16.6. The normalized spacial score (nSPS) is 11.0. The summed E-state index contributed by atoms with van der Waals surface area (Å²) in [6, 6.07) is 7.29. The number of aromatic nitrogens is 2. The maximum absolute atomic E-state index is 12.5. The fourth-order valence-corrected chi connectivity index (χ4v) is 2.45. The molecule has 0 fully saturated rings. The molecule has 0 aliphatic rings. The topological polar surface area (TPSA) is 84.4 Å². The number of ether oxygens (including phenoxy) is 1. The molecule has 0 aliphatic carbocycles. The molecule has 0 radical (unpaired) electrons. The molecule has 2 heterocycles. The van der Waals surface area contributed by atoms with Crippen LogP contribution < -0.4 is 5.32 Å². The molecule has 0 saturated carbocycles. The van der Waals surface area contributed by atoms with Crippen LogP contribution in [0.4, 0.5) is 4.79 Å². The van der Waals surface area contributed by atoms with Gasteiger partial charge < -0.3 is 15.0 Å². The molecule has 2 amide bonds. The van der Waals surface area contributed by atoms with E-state index in [0.717, 1.165) is 11.3 Å². The number of rotatable bonds is 7. The van der Waals surface area contributed by atoms with Crippen molar-refractivity contribution in [1.29, 1.82) is 0 Å². The Labute approximate surface area is 166 Å². The molecule has 2 aromatic rings. The maximum Gasteiger partial charge on any atom is 0.410 e. The van der Waals surface area contributed by atoms with Gasteiger partial charge in [-0.25, -0.2) is 4.79 Å². The molecule has 2 aromatic heterocycles. The van der Waals surface area contributed by atoms with Crippen LogP contribution in [-0.2, 0) is 11.3 Å². The number of aryl methyl sites for hydroxylation is 1. The van der Waals surface area contributed by atoms with E-state index in [1.54, 1.807) is 35.6 Å². The van der Waals surface area contributed by atoms with E-state index >= 15 is 0 Å². The number of carbonyl (C=O) groups is 2. The minimum atomic E-state index is -0.572. The summed E-state index contributed by atoms with van der Waals surface area (Å²) in [4.78, 5) is 34.5. The van der Waals surface area contributed by atoms with Crippen LogP contribution in [0.2, 0.25) is 0 Å². The van der Waals surface area contributed by atoms with Gasteiger partial charge in [0.2, 0.25) is 0 Å². The van der Waals surface area contributed by atoms with Crippen LogP contribution in [-0.4, -0.2) is 45.6 Å². The second-order valence-corrected chi connectivity index (χ2v) is 7.56. The van der Waals surface area contributed by atoms with Gasteiger partial charge in [-0.1, -0.05) is 6.07 Å². The lowest BCUT2D eigenvalue weighted by Gasteiger charge is -2.27. The van der Waals surface area contributed by atoms with E-state index in [2.05, 4.69) is 15.3 Å². The summed E-state index contributed by atoms with van der Waals surface area (Å²) in [6.45, 7) is 8.68. The Balaban J connectivity index is 1.89. The minimum Gasteiger partial charge on any atom is -0.444 e. The fourth-order valence-electron chi connectivity index (χ4n) is 2.45. The molecule has 7 nitrogen and oxygen atoms in total.